The van der Waals surface area contributed by atoms with E-state index in [0.29, 0.717) is 11.2 Å². The number of benzene rings is 1. The van der Waals surface area contributed by atoms with Gasteiger partial charge in [-0.1, -0.05) is 26.8 Å². The molecule has 0 spiro atoms. The van der Waals surface area contributed by atoms with Crippen LogP contribution in [0.25, 0.3) is 10.9 Å². The molecule has 0 radical (unpaired) electrons. The van der Waals surface area contributed by atoms with Crippen molar-refractivity contribution in [3.8, 4) is 0 Å². The molecule has 1 aromatic carbocycles. The van der Waals surface area contributed by atoms with Gasteiger partial charge in [-0.25, -0.2) is 0 Å². The molecule has 1 unspecified atom stereocenters. The van der Waals surface area contributed by atoms with Crippen LogP contribution in [0.1, 0.15) is 33.3 Å². The van der Waals surface area contributed by atoms with Gasteiger partial charge >= 0.3 is 0 Å². The molecule has 2 N–H and O–H groups in total. The fourth-order valence-electron chi connectivity index (χ4n) is 2.20. The van der Waals surface area contributed by atoms with E-state index in [0.717, 1.165) is 10.9 Å². The number of aromatic nitrogens is 1. The second kappa shape index (κ2) is 5.53. The molecule has 21 heavy (non-hydrogen) atoms. The molecule has 0 saturated carbocycles. The van der Waals surface area contributed by atoms with E-state index in [9.17, 15) is 9.59 Å². The van der Waals surface area contributed by atoms with Gasteiger partial charge in [0.1, 0.15) is 5.38 Å². The predicted octanol–water partition coefficient (Wildman–Crippen LogP) is 3.39. The molecule has 112 valence electrons. The fraction of sp³-hybridized carbons (Fsp3) is 0.375. The number of alkyl halides is 1. The molecule has 0 aliphatic carbocycles. The van der Waals surface area contributed by atoms with Crippen LogP contribution >= 0.6 is 11.6 Å². The van der Waals surface area contributed by atoms with Crippen molar-refractivity contribution in [3.05, 3.63) is 40.2 Å². The smallest absolute Gasteiger partial charge is 0.248 e. The van der Waals surface area contributed by atoms with Crippen molar-refractivity contribution in [2.24, 2.45) is 0 Å². The van der Waals surface area contributed by atoms with Crippen LogP contribution in [-0.4, -0.2) is 16.3 Å². The van der Waals surface area contributed by atoms with Gasteiger partial charge in [0.2, 0.25) is 11.5 Å². The van der Waals surface area contributed by atoms with Gasteiger partial charge in [0.25, 0.3) is 0 Å². The van der Waals surface area contributed by atoms with Gasteiger partial charge in [0.05, 0.1) is 5.52 Å². The highest BCUT2D eigenvalue weighted by Crippen LogP contribution is 2.29. The summed E-state index contributed by atoms with van der Waals surface area (Å²) in [6.45, 7) is 7.79. The first kappa shape index (κ1) is 15.6. The molecule has 0 aliphatic heterocycles. The summed E-state index contributed by atoms with van der Waals surface area (Å²) >= 11 is 5.74. The fourth-order valence-corrected chi connectivity index (χ4v) is 2.25. The molecule has 0 fully saturated rings. The number of carbonyl (C=O) groups excluding carboxylic acids is 1. The summed E-state index contributed by atoms with van der Waals surface area (Å²) in [5, 5.41) is 3.08. The van der Waals surface area contributed by atoms with Crippen molar-refractivity contribution in [1.82, 2.24) is 4.98 Å². The number of H-pyrrole nitrogens is 1. The Labute approximate surface area is 128 Å². The van der Waals surface area contributed by atoms with Crippen LogP contribution in [0.2, 0.25) is 0 Å². The van der Waals surface area contributed by atoms with Gasteiger partial charge in [0.15, 0.2) is 0 Å². The average Bonchev–Trinajstić information content (AvgIpc) is 2.36. The van der Waals surface area contributed by atoms with Gasteiger partial charge in [-0.2, -0.15) is 0 Å². The van der Waals surface area contributed by atoms with E-state index in [1.54, 1.807) is 19.1 Å². The van der Waals surface area contributed by atoms with Crippen LogP contribution < -0.4 is 10.9 Å². The third-order valence-electron chi connectivity index (χ3n) is 3.28. The minimum atomic E-state index is -0.611. The quantitative estimate of drug-likeness (QED) is 0.835. The Bertz CT molecular complexity index is 742. The van der Waals surface area contributed by atoms with Gasteiger partial charge in [0, 0.05) is 17.1 Å². The number of anilines is 1. The summed E-state index contributed by atoms with van der Waals surface area (Å²) in [6, 6.07) is 7.10. The van der Waals surface area contributed by atoms with Crippen molar-refractivity contribution in [2.75, 3.05) is 5.32 Å². The van der Waals surface area contributed by atoms with Crippen molar-refractivity contribution in [3.63, 3.8) is 0 Å². The molecular formula is C16H19ClN2O2. The molecule has 2 aromatic rings. The number of pyridine rings is 1. The van der Waals surface area contributed by atoms with Gasteiger partial charge in [-0.05, 0) is 30.0 Å². The zero-order chi connectivity index (χ0) is 15.8. The van der Waals surface area contributed by atoms with Gasteiger partial charge < -0.3 is 10.3 Å². The predicted molar refractivity (Wildman–Crippen MR) is 87.2 cm³/mol. The summed E-state index contributed by atoms with van der Waals surface area (Å²) in [6.07, 6.45) is 0. The number of hydrogen-bond acceptors (Lipinski definition) is 2. The first-order chi connectivity index (χ1) is 9.68. The van der Waals surface area contributed by atoms with Crippen LogP contribution in [0, 0.1) is 0 Å². The van der Waals surface area contributed by atoms with Crippen LogP contribution in [0.5, 0.6) is 0 Å². The Balaban J connectivity index is 2.55. The van der Waals surface area contributed by atoms with E-state index in [-0.39, 0.29) is 16.9 Å². The Morgan fingerprint density at radius 1 is 1.29 bits per heavy atom. The monoisotopic (exact) mass is 306 g/mol. The summed E-state index contributed by atoms with van der Waals surface area (Å²) in [5.41, 5.74) is 2.00. The minimum absolute atomic E-state index is 0.137. The maximum atomic E-state index is 11.8. The number of halogens is 1. The SMILES string of the molecule is CC(Cl)C(=O)Nc1ccc2c(C(C)(C)C)cc(=O)[nH]c2c1. The molecule has 2 rings (SSSR count). The summed E-state index contributed by atoms with van der Waals surface area (Å²) < 4.78 is 0. The first-order valence-corrected chi connectivity index (χ1v) is 7.24. The molecule has 0 aliphatic rings. The van der Waals surface area contributed by atoms with Crippen molar-refractivity contribution in [1.29, 1.82) is 0 Å². The van der Waals surface area contributed by atoms with Gasteiger partial charge in [-0.3, -0.25) is 9.59 Å². The second-order valence-corrected chi connectivity index (χ2v) is 6.82. The lowest BCUT2D eigenvalue weighted by molar-refractivity contribution is -0.115. The third kappa shape index (κ3) is 3.45. The van der Waals surface area contributed by atoms with E-state index in [4.69, 9.17) is 11.6 Å². The minimum Gasteiger partial charge on any atom is -0.325 e. The number of rotatable bonds is 2. The lowest BCUT2D eigenvalue weighted by Gasteiger charge is -2.21. The molecule has 5 heteroatoms. The summed E-state index contributed by atoms with van der Waals surface area (Å²) in [4.78, 5) is 26.3. The number of hydrogen-bond donors (Lipinski definition) is 2. The maximum Gasteiger partial charge on any atom is 0.248 e. The topological polar surface area (TPSA) is 62.0 Å². The van der Waals surface area contributed by atoms with E-state index in [1.165, 1.54) is 0 Å². The highest BCUT2D eigenvalue weighted by molar-refractivity contribution is 6.32. The lowest BCUT2D eigenvalue weighted by Crippen LogP contribution is -2.20. The normalized spacial score (nSPS) is 13.2. The number of carbonyl (C=O) groups is 1. The highest BCUT2D eigenvalue weighted by Gasteiger charge is 2.18. The molecule has 0 bridgehead atoms. The molecule has 1 amide bonds. The maximum absolute atomic E-state index is 11.8. The molecule has 0 saturated heterocycles. The second-order valence-electron chi connectivity index (χ2n) is 6.16. The summed E-state index contributed by atoms with van der Waals surface area (Å²) in [5.74, 6) is -0.273. The van der Waals surface area contributed by atoms with Crippen molar-refractivity contribution in [2.45, 2.75) is 38.5 Å². The summed E-state index contributed by atoms with van der Waals surface area (Å²) in [7, 11) is 0. The molecule has 1 atom stereocenters. The number of aromatic amines is 1. The Morgan fingerprint density at radius 2 is 1.95 bits per heavy atom. The Morgan fingerprint density at radius 3 is 2.52 bits per heavy atom. The van der Waals surface area contributed by atoms with Gasteiger partial charge in [-0.15, -0.1) is 11.6 Å². The Kier molecular flexibility index (Phi) is 4.10. The van der Waals surface area contributed by atoms with Crippen LogP contribution in [0.3, 0.4) is 0 Å². The number of fused-ring (bicyclic) bond motifs is 1. The zero-order valence-corrected chi connectivity index (χ0v) is 13.3. The van der Waals surface area contributed by atoms with Crippen LogP contribution in [-0.2, 0) is 10.2 Å². The lowest BCUT2D eigenvalue weighted by atomic mass is 9.85. The van der Waals surface area contributed by atoms with Crippen LogP contribution in [0.15, 0.2) is 29.1 Å². The zero-order valence-electron chi connectivity index (χ0n) is 12.6. The first-order valence-electron chi connectivity index (χ1n) is 6.81. The Hall–Kier alpha value is -1.81. The van der Waals surface area contributed by atoms with Crippen LogP contribution in [0.4, 0.5) is 5.69 Å². The van der Waals surface area contributed by atoms with Crippen molar-refractivity contribution < 1.29 is 4.79 Å². The average molecular weight is 307 g/mol. The number of amides is 1. The molecule has 1 aromatic heterocycles. The third-order valence-corrected chi connectivity index (χ3v) is 3.48. The molecular weight excluding hydrogens is 288 g/mol. The standard InChI is InChI=1S/C16H19ClN2O2/c1-9(17)15(21)18-10-5-6-11-12(16(2,3)4)8-14(20)19-13(11)7-10/h5-9H,1-4H3,(H,18,21)(H,19,20). The largest absolute Gasteiger partial charge is 0.325 e. The van der Waals surface area contributed by atoms with Crippen molar-refractivity contribution >= 4 is 34.1 Å². The molecule has 1 heterocycles. The highest BCUT2D eigenvalue weighted by atomic mass is 35.5. The number of nitrogens with one attached hydrogen (secondary N) is 2. The van der Waals surface area contributed by atoms with E-state index in [2.05, 4.69) is 31.1 Å². The van der Waals surface area contributed by atoms with E-state index >= 15 is 0 Å². The van der Waals surface area contributed by atoms with E-state index < -0.39 is 5.38 Å². The molecule has 4 nitrogen and oxygen atoms in total. The van der Waals surface area contributed by atoms with E-state index in [1.807, 2.05) is 12.1 Å².